The van der Waals surface area contributed by atoms with Crippen LogP contribution in [-0.2, 0) is 9.53 Å². The Bertz CT molecular complexity index is 193. The molecule has 0 fully saturated rings. The number of rotatable bonds is 13. The van der Waals surface area contributed by atoms with Crippen LogP contribution in [0.5, 0.6) is 0 Å². The minimum absolute atomic E-state index is 0. The summed E-state index contributed by atoms with van der Waals surface area (Å²) in [7, 11) is 0. The van der Waals surface area contributed by atoms with Gasteiger partial charge in [-0.15, -0.1) is 0 Å². The molecule has 0 atom stereocenters. The number of ether oxygens (including phenoxy) is 1. The number of carbonyl (C=O) groups excluding carboxylic acids is 1. The van der Waals surface area contributed by atoms with E-state index in [-0.39, 0.29) is 31.9 Å². The van der Waals surface area contributed by atoms with E-state index < -0.39 is 0 Å². The third-order valence-electron chi connectivity index (χ3n) is 3.30. The van der Waals surface area contributed by atoms with E-state index in [1.54, 1.807) is 0 Å². The van der Waals surface area contributed by atoms with Gasteiger partial charge in [0.2, 0.25) is 0 Å². The van der Waals surface area contributed by atoms with Crippen LogP contribution in [0.15, 0.2) is 0 Å². The fourth-order valence-electron chi connectivity index (χ4n) is 2.16. The van der Waals surface area contributed by atoms with E-state index in [0.717, 1.165) is 6.42 Å². The van der Waals surface area contributed by atoms with Crippen molar-refractivity contribution in [1.29, 1.82) is 0 Å². The van der Waals surface area contributed by atoms with Crippen LogP contribution >= 0.6 is 0 Å². The van der Waals surface area contributed by atoms with Gasteiger partial charge >= 0.3 is 29.0 Å². The van der Waals surface area contributed by atoms with Crippen molar-refractivity contribution < 1.29 is 12.4 Å². The summed E-state index contributed by atoms with van der Waals surface area (Å²) >= 11 is 0. The molecule has 0 N–H and O–H groups in total. The smallest absolute Gasteiger partial charge is 1.00 e. The molecule has 0 bridgehead atoms. The van der Waals surface area contributed by atoms with E-state index in [1.807, 2.05) is 0 Å². The van der Waals surface area contributed by atoms with Gasteiger partial charge in [0.05, 0.1) is 6.61 Å². The monoisotopic (exact) mass is 282 g/mol. The van der Waals surface area contributed by atoms with Crippen molar-refractivity contribution in [1.82, 2.24) is 0 Å². The van der Waals surface area contributed by atoms with Crippen LogP contribution in [0.2, 0.25) is 0 Å². The summed E-state index contributed by atoms with van der Waals surface area (Å²) in [5.74, 6) is -0.155. The third kappa shape index (κ3) is 20.7. The zero-order valence-electron chi connectivity index (χ0n) is 15.2. The SMILES string of the molecule is CCCCCCCCCCCCCCOC(C)=O.[H-].[H-].[Mg+2]. The second-order valence-corrected chi connectivity index (χ2v) is 5.23. The quantitative estimate of drug-likeness (QED) is 0.267. The Kier molecular flexibility index (Phi) is 20.7. The van der Waals surface area contributed by atoms with Gasteiger partial charge in [-0.05, 0) is 6.42 Å². The molecule has 0 aromatic carbocycles. The molecule has 0 aromatic rings. The second-order valence-electron chi connectivity index (χ2n) is 5.23. The largest absolute Gasteiger partial charge is 2.00 e. The molecule has 0 aliphatic carbocycles. The van der Waals surface area contributed by atoms with Gasteiger partial charge in [0.1, 0.15) is 0 Å². The van der Waals surface area contributed by atoms with Crippen molar-refractivity contribution in [2.45, 2.75) is 90.9 Å². The minimum atomic E-state index is -0.155. The Morgan fingerprint density at radius 3 is 1.53 bits per heavy atom. The van der Waals surface area contributed by atoms with Gasteiger partial charge in [0, 0.05) is 6.92 Å². The first-order valence-corrected chi connectivity index (χ1v) is 7.90. The van der Waals surface area contributed by atoms with Gasteiger partial charge in [-0.3, -0.25) is 4.79 Å². The summed E-state index contributed by atoms with van der Waals surface area (Å²) in [6, 6.07) is 0. The van der Waals surface area contributed by atoms with Crippen LogP contribution in [0.4, 0.5) is 0 Å². The van der Waals surface area contributed by atoms with E-state index in [4.69, 9.17) is 4.74 Å². The summed E-state index contributed by atoms with van der Waals surface area (Å²) in [5, 5.41) is 0. The molecule has 0 saturated heterocycles. The molecular formula is C16H34MgO2. The number of unbranched alkanes of at least 4 members (excludes halogenated alkanes) is 11. The van der Waals surface area contributed by atoms with Crippen LogP contribution < -0.4 is 0 Å². The maximum absolute atomic E-state index is 10.5. The molecule has 3 heteroatoms. The molecule has 0 aliphatic heterocycles. The van der Waals surface area contributed by atoms with Crippen LogP contribution in [0, 0.1) is 0 Å². The summed E-state index contributed by atoms with van der Waals surface area (Å²) in [6.45, 7) is 4.34. The predicted octanol–water partition coefficient (Wildman–Crippen LogP) is 5.09. The first-order valence-electron chi connectivity index (χ1n) is 7.90. The van der Waals surface area contributed by atoms with Crippen molar-refractivity contribution in [2.75, 3.05) is 6.61 Å². The van der Waals surface area contributed by atoms with Crippen molar-refractivity contribution in [3.05, 3.63) is 0 Å². The number of esters is 1. The van der Waals surface area contributed by atoms with Gasteiger partial charge in [0.25, 0.3) is 0 Å². The number of hydrogen-bond acceptors (Lipinski definition) is 2. The molecule has 0 aliphatic rings. The van der Waals surface area contributed by atoms with Crippen molar-refractivity contribution in [3.8, 4) is 0 Å². The Hall–Kier alpha value is 0.236. The van der Waals surface area contributed by atoms with E-state index >= 15 is 0 Å². The van der Waals surface area contributed by atoms with Crippen LogP contribution in [-0.4, -0.2) is 35.6 Å². The zero-order valence-corrected chi connectivity index (χ0v) is 14.6. The van der Waals surface area contributed by atoms with Gasteiger partial charge < -0.3 is 7.59 Å². The second kappa shape index (κ2) is 18.2. The van der Waals surface area contributed by atoms with Crippen LogP contribution in [0.1, 0.15) is 93.8 Å². The molecule has 0 rings (SSSR count). The fraction of sp³-hybridized carbons (Fsp3) is 0.938. The minimum Gasteiger partial charge on any atom is -1.00 e. The Balaban J connectivity index is -0.000000482. The average molecular weight is 283 g/mol. The topological polar surface area (TPSA) is 26.3 Å². The maximum atomic E-state index is 10.5. The third-order valence-corrected chi connectivity index (χ3v) is 3.30. The molecule has 2 nitrogen and oxygen atoms in total. The van der Waals surface area contributed by atoms with Crippen molar-refractivity contribution in [3.63, 3.8) is 0 Å². The summed E-state index contributed by atoms with van der Waals surface area (Å²) < 4.78 is 4.89. The van der Waals surface area contributed by atoms with Gasteiger partial charge in [-0.25, -0.2) is 0 Å². The molecule has 19 heavy (non-hydrogen) atoms. The summed E-state index contributed by atoms with van der Waals surface area (Å²) in [5.41, 5.74) is 0. The van der Waals surface area contributed by atoms with Crippen molar-refractivity contribution >= 4 is 29.0 Å². The van der Waals surface area contributed by atoms with Gasteiger partial charge in [-0.2, -0.15) is 0 Å². The average Bonchev–Trinajstić information content (AvgIpc) is 2.34. The van der Waals surface area contributed by atoms with E-state index in [2.05, 4.69) is 6.92 Å². The molecule has 0 radical (unpaired) electrons. The molecule has 0 heterocycles. The first-order chi connectivity index (χ1) is 8.77. The zero-order chi connectivity index (χ0) is 13.5. The Morgan fingerprint density at radius 1 is 0.789 bits per heavy atom. The Morgan fingerprint density at radius 2 is 1.16 bits per heavy atom. The molecular weight excluding hydrogens is 248 g/mol. The Labute approximate surface area is 139 Å². The molecule has 0 aromatic heterocycles. The standard InChI is InChI=1S/C16H32O2.Mg.2H/c1-3-4-5-6-7-8-9-10-11-12-13-14-15-18-16(2)17;;;/h3-15H2,1-2H3;;;/q;+2;2*-1. The van der Waals surface area contributed by atoms with Crippen molar-refractivity contribution in [2.24, 2.45) is 0 Å². The predicted molar refractivity (Wildman–Crippen MR) is 85.7 cm³/mol. The van der Waals surface area contributed by atoms with E-state index in [0.29, 0.717) is 6.61 Å². The maximum Gasteiger partial charge on any atom is 2.00 e. The fourth-order valence-corrected chi connectivity index (χ4v) is 2.16. The molecule has 0 amide bonds. The molecule has 0 unspecified atom stereocenters. The van der Waals surface area contributed by atoms with E-state index in [1.165, 1.54) is 77.6 Å². The van der Waals surface area contributed by atoms with Gasteiger partial charge in [-0.1, -0.05) is 77.6 Å². The molecule has 0 saturated carbocycles. The first kappa shape index (κ1) is 21.5. The summed E-state index contributed by atoms with van der Waals surface area (Å²) in [6.07, 6.45) is 16.1. The summed E-state index contributed by atoms with van der Waals surface area (Å²) in [4.78, 5) is 10.5. The van der Waals surface area contributed by atoms with E-state index in [9.17, 15) is 4.79 Å². The molecule has 112 valence electrons. The normalized spacial score (nSPS) is 10.0. The van der Waals surface area contributed by atoms with Gasteiger partial charge in [0.15, 0.2) is 0 Å². The number of carbonyl (C=O) groups is 1. The molecule has 0 spiro atoms. The van der Waals surface area contributed by atoms with Crippen LogP contribution in [0.3, 0.4) is 0 Å². The van der Waals surface area contributed by atoms with Crippen LogP contribution in [0.25, 0.3) is 0 Å². The number of hydrogen-bond donors (Lipinski definition) is 0.